The molecule has 3 aromatic rings. The van der Waals surface area contributed by atoms with Gasteiger partial charge in [-0.2, -0.15) is 5.10 Å². The van der Waals surface area contributed by atoms with Crippen LogP contribution in [0.15, 0.2) is 35.6 Å². The van der Waals surface area contributed by atoms with Crippen LogP contribution in [0.5, 0.6) is 0 Å². The number of piperidine rings is 1. The van der Waals surface area contributed by atoms with Gasteiger partial charge in [-0.15, -0.1) is 0 Å². The highest BCUT2D eigenvalue weighted by Gasteiger charge is 2.19. The number of nitrogens with zero attached hydrogens (tertiary/aromatic N) is 5. The minimum Gasteiger partial charge on any atom is -0.356 e. The van der Waals surface area contributed by atoms with Crippen molar-refractivity contribution >= 4 is 57.1 Å². The number of carbonyl (C=O) groups excluding carboxylic acids is 1. The number of nitrogens with one attached hydrogen (secondary N) is 1. The molecular weight excluding hydrogens is 499 g/mol. The Morgan fingerprint density at radius 3 is 2.76 bits per heavy atom. The summed E-state index contributed by atoms with van der Waals surface area (Å²) in [4.78, 5) is 24.2. The smallest absolute Gasteiger partial charge is 0.252 e. The third kappa shape index (κ3) is 4.50. The lowest BCUT2D eigenvalue weighted by atomic mass is 10.1. The topological polar surface area (TPSA) is 75.9 Å². The second-order valence-electron chi connectivity index (χ2n) is 6.92. The van der Waals surface area contributed by atoms with E-state index in [-0.39, 0.29) is 5.91 Å². The molecule has 152 valence electrons. The Hall–Kier alpha value is -1.88. The normalized spacial score (nSPS) is 14.3. The first-order valence-corrected chi connectivity index (χ1v) is 12.0. The van der Waals surface area contributed by atoms with E-state index in [1.54, 1.807) is 11.8 Å². The first kappa shape index (κ1) is 20.4. The van der Waals surface area contributed by atoms with Gasteiger partial charge in [0.2, 0.25) is 0 Å². The van der Waals surface area contributed by atoms with Gasteiger partial charge in [0.25, 0.3) is 5.91 Å². The van der Waals surface area contributed by atoms with E-state index < -0.39 is 0 Å². The largest absolute Gasteiger partial charge is 0.356 e. The maximum Gasteiger partial charge on any atom is 0.252 e. The molecule has 3 heterocycles. The Labute approximate surface area is 187 Å². The number of amides is 1. The zero-order valence-corrected chi connectivity index (χ0v) is 19.2. The molecule has 0 unspecified atom stereocenters. The molecule has 1 aromatic carbocycles. The first-order valence-electron chi connectivity index (χ1n) is 9.72. The van der Waals surface area contributed by atoms with Gasteiger partial charge in [-0.05, 0) is 60.2 Å². The van der Waals surface area contributed by atoms with Crippen LogP contribution in [0, 0.1) is 3.57 Å². The number of benzene rings is 1. The molecule has 0 aliphatic carbocycles. The van der Waals surface area contributed by atoms with Gasteiger partial charge in [0, 0.05) is 23.2 Å². The van der Waals surface area contributed by atoms with Crippen LogP contribution in [0.3, 0.4) is 0 Å². The molecule has 1 amide bonds. The first-order chi connectivity index (χ1) is 14.2. The summed E-state index contributed by atoms with van der Waals surface area (Å²) in [5.41, 5.74) is 1.52. The van der Waals surface area contributed by atoms with Crippen LogP contribution >= 0.6 is 34.4 Å². The van der Waals surface area contributed by atoms with E-state index in [1.165, 1.54) is 19.3 Å². The lowest BCUT2D eigenvalue weighted by molar-refractivity contribution is 0.0951. The summed E-state index contributed by atoms with van der Waals surface area (Å²) in [7, 11) is 0. The molecule has 29 heavy (non-hydrogen) atoms. The third-order valence-corrected chi connectivity index (χ3v) is 6.51. The molecule has 1 aliphatic rings. The van der Waals surface area contributed by atoms with Crippen molar-refractivity contribution in [3.05, 3.63) is 39.6 Å². The van der Waals surface area contributed by atoms with Crippen molar-refractivity contribution in [2.24, 2.45) is 0 Å². The summed E-state index contributed by atoms with van der Waals surface area (Å²) in [6.07, 6.45) is 7.51. The highest BCUT2D eigenvalue weighted by Crippen LogP contribution is 2.28. The third-order valence-electron chi connectivity index (χ3n) is 5.02. The number of anilines is 1. The summed E-state index contributed by atoms with van der Waals surface area (Å²) < 4.78 is 2.80. The Morgan fingerprint density at radius 1 is 1.21 bits per heavy atom. The molecular formula is C20H23IN6OS. The highest BCUT2D eigenvalue weighted by molar-refractivity contribution is 14.1. The molecule has 2 aromatic heterocycles. The van der Waals surface area contributed by atoms with Crippen molar-refractivity contribution in [1.82, 2.24) is 25.1 Å². The summed E-state index contributed by atoms with van der Waals surface area (Å²) in [5.74, 6) is 0.910. The zero-order valence-electron chi connectivity index (χ0n) is 16.3. The Kier molecular flexibility index (Phi) is 6.53. The zero-order chi connectivity index (χ0) is 20.2. The van der Waals surface area contributed by atoms with Gasteiger partial charge in [-0.25, -0.2) is 14.6 Å². The number of carbonyl (C=O) groups is 1. The molecule has 0 saturated carbocycles. The van der Waals surface area contributed by atoms with Crippen LogP contribution < -0.4 is 10.2 Å². The number of aromatic nitrogens is 4. The predicted octanol–water partition coefficient (Wildman–Crippen LogP) is 3.57. The maximum atomic E-state index is 12.4. The van der Waals surface area contributed by atoms with Crippen molar-refractivity contribution in [3.8, 4) is 0 Å². The number of hydrogen-bond acceptors (Lipinski definition) is 6. The fraction of sp³-hybridized carbons (Fsp3) is 0.400. The highest BCUT2D eigenvalue weighted by atomic mass is 127. The fourth-order valence-electron chi connectivity index (χ4n) is 3.54. The summed E-state index contributed by atoms with van der Waals surface area (Å²) >= 11 is 3.72. The van der Waals surface area contributed by atoms with Crippen molar-refractivity contribution in [2.45, 2.75) is 31.0 Å². The monoisotopic (exact) mass is 522 g/mol. The quantitative estimate of drug-likeness (QED) is 0.303. The van der Waals surface area contributed by atoms with E-state index >= 15 is 0 Å². The average molecular weight is 522 g/mol. The Bertz CT molecular complexity index is 1020. The average Bonchev–Trinajstić information content (AvgIpc) is 3.16. The molecule has 0 bridgehead atoms. The minimum atomic E-state index is -0.0695. The number of fused-ring (bicyclic) bond motifs is 1. The van der Waals surface area contributed by atoms with Crippen LogP contribution in [-0.2, 0) is 6.54 Å². The van der Waals surface area contributed by atoms with E-state index in [4.69, 9.17) is 9.97 Å². The van der Waals surface area contributed by atoms with Crippen molar-refractivity contribution in [3.63, 3.8) is 0 Å². The molecule has 0 radical (unpaired) electrons. The van der Waals surface area contributed by atoms with Gasteiger partial charge in [0.1, 0.15) is 5.82 Å². The van der Waals surface area contributed by atoms with Crippen molar-refractivity contribution < 1.29 is 4.79 Å². The number of thioether (sulfide) groups is 1. The predicted molar refractivity (Wildman–Crippen MR) is 125 cm³/mol. The standard InChI is InChI=1S/C20H23IN6OS/c1-29-20-24-17(26-10-5-2-6-11-26)15-13-23-27(18(15)25-20)12-9-22-19(28)14-7-3-4-8-16(14)21/h3-4,7-8,13H,2,5-6,9-12H2,1H3,(H,22,28). The van der Waals surface area contributed by atoms with E-state index in [0.29, 0.717) is 18.7 Å². The van der Waals surface area contributed by atoms with E-state index in [9.17, 15) is 4.79 Å². The fourth-order valence-corrected chi connectivity index (χ4v) is 4.53. The van der Waals surface area contributed by atoms with Gasteiger partial charge in [-0.3, -0.25) is 4.79 Å². The maximum absolute atomic E-state index is 12.4. The van der Waals surface area contributed by atoms with Crippen LogP contribution in [0.2, 0.25) is 0 Å². The second kappa shape index (κ2) is 9.29. The summed E-state index contributed by atoms with van der Waals surface area (Å²) in [6, 6.07) is 7.57. The van der Waals surface area contributed by atoms with Crippen LogP contribution in [-0.4, -0.2) is 51.5 Å². The van der Waals surface area contributed by atoms with Gasteiger partial charge in [-0.1, -0.05) is 23.9 Å². The SMILES string of the molecule is CSc1nc(N2CCCCC2)c2cnn(CCNC(=O)c3ccccc3I)c2n1. The van der Waals surface area contributed by atoms with Crippen LogP contribution in [0.4, 0.5) is 5.82 Å². The molecule has 1 aliphatic heterocycles. The van der Waals surface area contributed by atoms with Crippen LogP contribution in [0.25, 0.3) is 11.0 Å². The summed E-state index contributed by atoms with van der Waals surface area (Å²) in [6.45, 7) is 3.09. The lowest BCUT2D eigenvalue weighted by Gasteiger charge is -2.28. The van der Waals surface area contributed by atoms with Gasteiger partial charge in [0.15, 0.2) is 10.8 Å². The molecule has 0 spiro atoms. The second-order valence-corrected chi connectivity index (χ2v) is 8.86. The molecule has 7 nitrogen and oxygen atoms in total. The Balaban J connectivity index is 1.52. The van der Waals surface area contributed by atoms with E-state index in [2.05, 4.69) is 37.9 Å². The van der Waals surface area contributed by atoms with E-state index in [0.717, 1.165) is 38.7 Å². The molecule has 1 N–H and O–H groups in total. The molecule has 1 saturated heterocycles. The van der Waals surface area contributed by atoms with Crippen molar-refractivity contribution in [2.75, 3.05) is 30.8 Å². The summed E-state index contributed by atoms with van der Waals surface area (Å²) in [5, 5.41) is 9.26. The Morgan fingerprint density at radius 2 is 2.00 bits per heavy atom. The molecule has 0 atom stereocenters. The lowest BCUT2D eigenvalue weighted by Crippen LogP contribution is -2.30. The molecule has 1 fully saturated rings. The molecule has 9 heteroatoms. The number of hydrogen-bond donors (Lipinski definition) is 1. The van der Waals surface area contributed by atoms with E-state index in [1.807, 2.05) is 41.4 Å². The molecule has 4 rings (SSSR count). The number of halogens is 1. The van der Waals surface area contributed by atoms with Crippen LogP contribution in [0.1, 0.15) is 29.6 Å². The number of rotatable bonds is 6. The van der Waals surface area contributed by atoms with Gasteiger partial charge in [0.05, 0.1) is 23.7 Å². The van der Waals surface area contributed by atoms with Gasteiger partial charge >= 0.3 is 0 Å². The minimum absolute atomic E-state index is 0.0695. The van der Waals surface area contributed by atoms with Gasteiger partial charge < -0.3 is 10.2 Å². The van der Waals surface area contributed by atoms with Crippen molar-refractivity contribution in [1.29, 1.82) is 0 Å².